The number of aromatic nitrogens is 1. The van der Waals surface area contributed by atoms with Crippen LogP contribution in [0.15, 0.2) is 41.5 Å². The van der Waals surface area contributed by atoms with Gasteiger partial charge in [-0.15, -0.1) is 24.0 Å². The summed E-state index contributed by atoms with van der Waals surface area (Å²) in [5.74, 6) is 1.11. The monoisotopic (exact) mass is 554 g/mol. The third-order valence-corrected chi connectivity index (χ3v) is 4.12. The van der Waals surface area contributed by atoms with Crippen molar-refractivity contribution in [1.82, 2.24) is 15.6 Å². The van der Waals surface area contributed by atoms with Gasteiger partial charge in [0.1, 0.15) is 16.7 Å². The van der Waals surface area contributed by atoms with E-state index >= 15 is 0 Å². The summed E-state index contributed by atoms with van der Waals surface area (Å²) in [4.78, 5) is 8.18. The highest BCUT2D eigenvalue weighted by Crippen LogP contribution is 2.26. The van der Waals surface area contributed by atoms with Crippen molar-refractivity contribution in [2.24, 2.45) is 4.99 Å². The van der Waals surface area contributed by atoms with Crippen LogP contribution in [0.1, 0.15) is 24.5 Å². The van der Waals surface area contributed by atoms with Crippen LogP contribution in [0.4, 0.5) is 8.78 Å². The van der Waals surface area contributed by atoms with E-state index in [1.165, 1.54) is 6.07 Å². The minimum atomic E-state index is -2.92. The van der Waals surface area contributed by atoms with Crippen LogP contribution in [-0.2, 0) is 13.0 Å². The molecule has 2 aromatic rings. The Morgan fingerprint density at radius 3 is 2.67 bits per heavy atom. The molecule has 2 rings (SSSR count). The number of guanidine groups is 1. The van der Waals surface area contributed by atoms with Gasteiger partial charge in [-0.1, -0.05) is 24.6 Å². The van der Waals surface area contributed by atoms with Gasteiger partial charge in [-0.2, -0.15) is 8.78 Å². The molecule has 0 aliphatic heterocycles. The molecule has 0 unspecified atom stereocenters. The van der Waals surface area contributed by atoms with Crippen LogP contribution in [-0.4, -0.2) is 37.8 Å². The average Bonchev–Trinajstić information content (AvgIpc) is 2.71. The lowest BCUT2D eigenvalue weighted by Gasteiger charge is -2.16. The van der Waals surface area contributed by atoms with Gasteiger partial charge in [0.2, 0.25) is 0 Å². The van der Waals surface area contributed by atoms with Gasteiger partial charge in [0, 0.05) is 38.0 Å². The molecule has 1 aromatic carbocycles. The van der Waals surface area contributed by atoms with Crippen molar-refractivity contribution in [1.29, 1.82) is 0 Å². The topological polar surface area (TPSA) is 67.8 Å². The normalized spacial score (nSPS) is 11.1. The molecule has 0 atom stereocenters. The first-order valence-corrected chi connectivity index (χ1v) is 9.65. The number of pyridine rings is 1. The van der Waals surface area contributed by atoms with Crippen LogP contribution in [0, 0.1) is 0 Å². The van der Waals surface area contributed by atoms with Gasteiger partial charge in [0.25, 0.3) is 0 Å². The Morgan fingerprint density at radius 1 is 1.23 bits per heavy atom. The van der Waals surface area contributed by atoms with Gasteiger partial charge in [0.05, 0.1) is 6.61 Å². The maximum Gasteiger partial charge on any atom is 0.387 e. The zero-order valence-electron chi connectivity index (χ0n) is 16.8. The van der Waals surface area contributed by atoms with E-state index in [1.807, 2.05) is 13.0 Å². The molecule has 10 heteroatoms. The van der Waals surface area contributed by atoms with E-state index in [9.17, 15) is 8.78 Å². The Labute approximate surface area is 197 Å². The van der Waals surface area contributed by atoms with E-state index in [-0.39, 0.29) is 36.3 Å². The predicted octanol–water partition coefficient (Wildman–Crippen LogP) is 4.65. The van der Waals surface area contributed by atoms with Crippen molar-refractivity contribution in [3.05, 3.63) is 52.8 Å². The van der Waals surface area contributed by atoms with Gasteiger partial charge in [-0.05, 0) is 36.6 Å². The minimum absolute atomic E-state index is 0. The van der Waals surface area contributed by atoms with Crippen molar-refractivity contribution in [3.8, 4) is 11.5 Å². The molecule has 0 spiro atoms. The van der Waals surface area contributed by atoms with Gasteiger partial charge in [-0.25, -0.2) is 4.98 Å². The van der Waals surface area contributed by atoms with E-state index in [2.05, 4.69) is 25.3 Å². The first-order chi connectivity index (χ1) is 14.0. The highest BCUT2D eigenvalue weighted by Gasteiger charge is 2.12. The summed E-state index contributed by atoms with van der Waals surface area (Å²) < 4.78 is 35.7. The molecule has 30 heavy (non-hydrogen) atoms. The molecule has 0 saturated heterocycles. The van der Waals surface area contributed by atoms with Gasteiger partial charge < -0.3 is 20.1 Å². The summed E-state index contributed by atoms with van der Waals surface area (Å²) in [6.45, 7) is 0.439. The first-order valence-electron chi connectivity index (χ1n) is 9.27. The highest BCUT2D eigenvalue weighted by atomic mass is 127. The third kappa shape index (κ3) is 9.29. The van der Waals surface area contributed by atoms with Crippen molar-refractivity contribution >= 4 is 41.5 Å². The lowest BCUT2D eigenvalue weighted by Crippen LogP contribution is -2.38. The third-order valence-electron chi connectivity index (χ3n) is 3.89. The molecule has 0 bridgehead atoms. The summed E-state index contributed by atoms with van der Waals surface area (Å²) >= 11 is 5.78. The van der Waals surface area contributed by atoms with Crippen LogP contribution in [0.5, 0.6) is 11.5 Å². The number of hydrogen-bond donors (Lipinski definition) is 2. The number of nitrogens with zero attached hydrogens (tertiary/aromatic N) is 2. The fourth-order valence-corrected chi connectivity index (χ4v) is 2.59. The maximum absolute atomic E-state index is 12.8. The molecule has 0 aliphatic carbocycles. The molecular weight excluding hydrogens is 529 g/mol. The Bertz CT molecular complexity index is 795. The Balaban J connectivity index is 0.00000450. The Hall–Kier alpha value is -1.88. The van der Waals surface area contributed by atoms with E-state index in [0.29, 0.717) is 35.6 Å². The lowest BCUT2D eigenvalue weighted by molar-refractivity contribution is -0.0505. The van der Waals surface area contributed by atoms with Gasteiger partial charge in [-0.3, -0.25) is 4.99 Å². The minimum Gasteiger partial charge on any atom is -0.493 e. The molecule has 0 aliphatic rings. The largest absolute Gasteiger partial charge is 0.493 e. The van der Waals surface area contributed by atoms with E-state index < -0.39 is 6.61 Å². The molecule has 0 fully saturated rings. The second-order valence-electron chi connectivity index (χ2n) is 6.09. The molecule has 6 nitrogen and oxygen atoms in total. The number of aliphatic imine (C=N–C) groups is 1. The van der Waals surface area contributed by atoms with Crippen molar-refractivity contribution in [3.63, 3.8) is 0 Å². The van der Waals surface area contributed by atoms with Crippen molar-refractivity contribution in [2.75, 3.05) is 20.2 Å². The lowest BCUT2D eigenvalue weighted by atomic mass is 10.2. The fraction of sp³-hybridized carbons (Fsp3) is 0.400. The predicted molar refractivity (Wildman–Crippen MR) is 125 cm³/mol. The quantitative estimate of drug-likeness (QED) is 0.194. The van der Waals surface area contributed by atoms with Crippen LogP contribution in [0.3, 0.4) is 0 Å². The van der Waals surface area contributed by atoms with Gasteiger partial charge in [0.15, 0.2) is 5.96 Å². The average molecular weight is 555 g/mol. The zero-order chi connectivity index (χ0) is 21.1. The van der Waals surface area contributed by atoms with Crippen LogP contribution in [0.2, 0.25) is 5.15 Å². The number of nitrogens with one attached hydrogen (secondary N) is 2. The molecule has 1 aromatic heterocycles. The van der Waals surface area contributed by atoms with Crippen LogP contribution >= 0.6 is 35.6 Å². The zero-order valence-corrected chi connectivity index (χ0v) is 19.9. The summed E-state index contributed by atoms with van der Waals surface area (Å²) in [7, 11) is 1.64. The smallest absolute Gasteiger partial charge is 0.387 e. The number of halogens is 4. The van der Waals surface area contributed by atoms with E-state index in [4.69, 9.17) is 16.3 Å². The highest BCUT2D eigenvalue weighted by molar-refractivity contribution is 14.0. The summed E-state index contributed by atoms with van der Waals surface area (Å²) in [6, 6.07) is 8.55. The standard InChI is InChI=1S/C20H25ClF2N4O2.HI/c1-3-10-28-16-6-5-15(17(11-16)29-19(22)23)13-27-20(24-2)25-9-8-14-4-7-18(21)26-12-14;/h4-7,11-12,19H,3,8-10,13H2,1-2H3,(H2,24,25,27);1H. The SMILES string of the molecule is CCCOc1ccc(CNC(=NC)NCCc2ccc(Cl)nc2)c(OC(F)F)c1.I. The number of rotatable bonds is 10. The molecule has 0 radical (unpaired) electrons. The first kappa shape index (κ1) is 26.2. The van der Waals surface area contributed by atoms with Gasteiger partial charge >= 0.3 is 6.61 Å². The molecule has 166 valence electrons. The summed E-state index contributed by atoms with van der Waals surface area (Å²) in [5.41, 5.74) is 1.60. The van der Waals surface area contributed by atoms with Crippen LogP contribution in [0.25, 0.3) is 0 Å². The number of alkyl halides is 2. The fourth-order valence-electron chi connectivity index (χ4n) is 2.48. The number of ether oxygens (including phenoxy) is 2. The van der Waals surface area contributed by atoms with Crippen LogP contribution < -0.4 is 20.1 Å². The molecule has 2 N–H and O–H groups in total. The molecule has 0 amide bonds. The summed E-state index contributed by atoms with van der Waals surface area (Å²) in [5, 5.41) is 6.71. The summed E-state index contributed by atoms with van der Waals surface area (Å²) in [6.07, 6.45) is 3.27. The molecule has 1 heterocycles. The van der Waals surface area contributed by atoms with E-state index in [1.54, 1.807) is 31.4 Å². The van der Waals surface area contributed by atoms with Crippen molar-refractivity contribution < 1.29 is 18.3 Å². The Kier molecular flexibility index (Phi) is 12.4. The Morgan fingerprint density at radius 2 is 2.03 bits per heavy atom. The maximum atomic E-state index is 12.8. The van der Waals surface area contributed by atoms with Crippen molar-refractivity contribution in [2.45, 2.75) is 32.9 Å². The molecule has 0 saturated carbocycles. The number of hydrogen-bond acceptors (Lipinski definition) is 4. The molecular formula is C20H26ClF2IN4O2. The second kappa shape index (κ2) is 14.2. The second-order valence-corrected chi connectivity index (χ2v) is 6.48. The number of benzene rings is 1. The van der Waals surface area contributed by atoms with E-state index in [0.717, 1.165) is 18.4 Å².